The second kappa shape index (κ2) is 6.88. The van der Waals surface area contributed by atoms with Crippen LogP contribution in [0.2, 0.25) is 0 Å². The molecular formula is C18H19FN2O3. The zero-order valence-corrected chi connectivity index (χ0v) is 13.6. The highest BCUT2D eigenvalue weighted by Crippen LogP contribution is 2.32. The molecule has 1 unspecified atom stereocenters. The summed E-state index contributed by atoms with van der Waals surface area (Å²) < 4.78 is 24.0. The molecule has 5 nitrogen and oxygen atoms in total. The number of hydrogen-bond acceptors (Lipinski definition) is 4. The van der Waals surface area contributed by atoms with Gasteiger partial charge in [0.25, 0.3) is 5.91 Å². The predicted octanol–water partition coefficient (Wildman–Crippen LogP) is 2.59. The minimum Gasteiger partial charge on any atom is -0.454 e. The fourth-order valence-electron chi connectivity index (χ4n) is 2.64. The maximum Gasteiger partial charge on any atom is 0.251 e. The van der Waals surface area contributed by atoms with Crippen LogP contribution in [0.3, 0.4) is 0 Å². The number of rotatable bonds is 5. The zero-order chi connectivity index (χ0) is 17.1. The normalized spacial score (nSPS) is 13.8. The standard InChI is InChI=1S/C18H19FN2O3/c1-21(2)15(12-4-3-5-14(19)8-12)10-20-18(22)13-6-7-16-17(9-13)24-11-23-16/h3-9,15H,10-11H2,1-2H3,(H,20,22). The highest BCUT2D eigenvalue weighted by molar-refractivity contribution is 5.94. The molecule has 0 radical (unpaired) electrons. The van der Waals surface area contributed by atoms with Crippen LogP contribution in [0.1, 0.15) is 22.0 Å². The quantitative estimate of drug-likeness (QED) is 0.915. The van der Waals surface area contributed by atoms with E-state index >= 15 is 0 Å². The second-order valence-electron chi connectivity index (χ2n) is 5.81. The molecule has 1 aliphatic heterocycles. The summed E-state index contributed by atoms with van der Waals surface area (Å²) in [4.78, 5) is 14.3. The lowest BCUT2D eigenvalue weighted by Gasteiger charge is -2.25. The Bertz CT molecular complexity index is 749. The smallest absolute Gasteiger partial charge is 0.251 e. The first-order valence-corrected chi connectivity index (χ1v) is 7.64. The molecular weight excluding hydrogens is 311 g/mol. The molecule has 24 heavy (non-hydrogen) atoms. The number of nitrogens with zero attached hydrogens (tertiary/aromatic N) is 1. The Morgan fingerprint density at radius 2 is 2.00 bits per heavy atom. The third-order valence-corrected chi connectivity index (χ3v) is 3.95. The van der Waals surface area contributed by atoms with Crippen molar-refractivity contribution in [2.24, 2.45) is 0 Å². The molecule has 1 atom stereocenters. The fraction of sp³-hybridized carbons (Fsp3) is 0.278. The molecule has 1 amide bonds. The summed E-state index contributed by atoms with van der Waals surface area (Å²) >= 11 is 0. The topological polar surface area (TPSA) is 50.8 Å². The Balaban J connectivity index is 1.69. The fourth-order valence-corrected chi connectivity index (χ4v) is 2.64. The number of likely N-dealkylation sites (N-methyl/N-ethyl adjacent to an activating group) is 1. The van der Waals surface area contributed by atoms with Gasteiger partial charge >= 0.3 is 0 Å². The van der Waals surface area contributed by atoms with Crippen molar-refractivity contribution < 1.29 is 18.7 Å². The molecule has 0 saturated carbocycles. The molecule has 2 aromatic carbocycles. The third kappa shape index (κ3) is 3.49. The van der Waals surface area contributed by atoms with E-state index in [2.05, 4.69) is 5.32 Å². The molecule has 0 aromatic heterocycles. The van der Waals surface area contributed by atoms with Gasteiger partial charge in [0, 0.05) is 12.1 Å². The number of fused-ring (bicyclic) bond motifs is 1. The van der Waals surface area contributed by atoms with E-state index in [9.17, 15) is 9.18 Å². The van der Waals surface area contributed by atoms with E-state index in [1.807, 2.05) is 25.1 Å². The second-order valence-corrected chi connectivity index (χ2v) is 5.81. The van der Waals surface area contributed by atoms with Crippen molar-refractivity contribution in [3.8, 4) is 11.5 Å². The lowest BCUT2D eigenvalue weighted by atomic mass is 10.1. The minimum atomic E-state index is -0.290. The maximum atomic E-state index is 13.5. The molecule has 0 spiro atoms. The first kappa shape index (κ1) is 16.3. The van der Waals surface area contributed by atoms with Gasteiger partial charge in [-0.05, 0) is 50.0 Å². The number of carbonyl (C=O) groups is 1. The average molecular weight is 330 g/mol. The average Bonchev–Trinajstić information content (AvgIpc) is 3.02. The highest BCUT2D eigenvalue weighted by atomic mass is 19.1. The van der Waals surface area contributed by atoms with E-state index in [0.29, 0.717) is 23.6 Å². The molecule has 0 saturated heterocycles. The van der Waals surface area contributed by atoms with Crippen molar-refractivity contribution in [3.63, 3.8) is 0 Å². The molecule has 3 rings (SSSR count). The number of halogens is 1. The van der Waals surface area contributed by atoms with Crippen LogP contribution in [0.25, 0.3) is 0 Å². The van der Waals surface area contributed by atoms with Crippen LogP contribution in [0.5, 0.6) is 11.5 Å². The molecule has 1 N–H and O–H groups in total. The summed E-state index contributed by atoms with van der Waals surface area (Å²) in [6.45, 7) is 0.534. The van der Waals surface area contributed by atoms with Gasteiger partial charge in [-0.3, -0.25) is 4.79 Å². The lowest BCUT2D eigenvalue weighted by molar-refractivity contribution is 0.0941. The number of carbonyl (C=O) groups excluding carboxylic acids is 1. The van der Waals surface area contributed by atoms with Gasteiger partial charge in [0.1, 0.15) is 5.82 Å². The molecule has 1 heterocycles. The van der Waals surface area contributed by atoms with E-state index in [1.54, 1.807) is 24.3 Å². The van der Waals surface area contributed by atoms with Crippen molar-refractivity contribution in [3.05, 3.63) is 59.4 Å². The van der Waals surface area contributed by atoms with Crippen LogP contribution in [-0.4, -0.2) is 38.2 Å². The van der Waals surface area contributed by atoms with Crippen molar-refractivity contribution in [1.29, 1.82) is 0 Å². The van der Waals surface area contributed by atoms with Crippen LogP contribution in [0.15, 0.2) is 42.5 Å². The largest absolute Gasteiger partial charge is 0.454 e. The number of nitrogens with one attached hydrogen (secondary N) is 1. The molecule has 1 aliphatic rings. The number of amides is 1. The summed E-state index contributed by atoms with van der Waals surface area (Å²) in [6, 6.07) is 11.3. The number of ether oxygens (including phenoxy) is 2. The predicted molar refractivity (Wildman–Crippen MR) is 87.7 cm³/mol. The molecule has 126 valence electrons. The Morgan fingerprint density at radius 1 is 1.21 bits per heavy atom. The van der Waals surface area contributed by atoms with Gasteiger partial charge in [-0.1, -0.05) is 12.1 Å². The SMILES string of the molecule is CN(C)C(CNC(=O)c1ccc2c(c1)OCO2)c1cccc(F)c1. The first-order chi connectivity index (χ1) is 11.5. The van der Waals surface area contributed by atoms with Gasteiger partial charge < -0.3 is 19.7 Å². The summed E-state index contributed by atoms with van der Waals surface area (Å²) in [6.07, 6.45) is 0. The van der Waals surface area contributed by atoms with Crippen LogP contribution >= 0.6 is 0 Å². The van der Waals surface area contributed by atoms with E-state index in [-0.39, 0.29) is 24.6 Å². The minimum absolute atomic E-state index is 0.126. The molecule has 0 fully saturated rings. The molecule has 0 aliphatic carbocycles. The highest BCUT2D eigenvalue weighted by Gasteiger charge is 2.19. The van der Waals surface area contributed by atoms with Crippen molar-refractivity contribution >= 4 is 5.91 Å². The van der Waals surface area contributed by atoms with Crippen LogP contribution in [-0.2, 0) is 0 Å². The summed E-state index contributed by atoms with van der Waals surface area (Å²) in [5.74, 6) is 0.701. The number of benzene rings is 2. The van der Waals surface area contributed by atoms with Gasteiger partial charge in [-0.2, -0.15) is 0 Å². The van der Waals surface area contributed by atoms with Gasteiger partial charge in [0.15, 0.2) is 11.5 Å². The number of hydrogen-bond donors (Lipinski definition) is 1. The molecule has 0 bridgehead atoms. The van der Waals surface area contributed by atoms with E-state index < -0.39 is 0 Å². The Morgan fingerprint density at radius 3 is 2.75 bits per heavy atom. The Kier molecular flexibility index (Phi) is 4.66. The van der Waals surface area contributed by atoms with Crippen LogP contribution in [0.4, 0.5) is 4.39 Å². The summed E-state index contributed by atoms with van der Waals surface area (Å²) in [5.41, 5.74) is 1.31. The van der Waals surface area contributed by atoms with E-state index in [0.717, 1.165) is 5.56 Å². The maximum absolute atomic E-state index is 13.5. The summed E-state index contributed by atoms with van der Waals surface area (Å²) in [7, 11) is 3.78. The van der Waals surface area contributed by atoms with Crippen LogP contribution < -0.4 is 14.8 Å². The van der Waals surface area contributed by atoms with E-state index in [4.69, 9.17) is 9.47 Å². The molecule has 2 aromatic rings. The van der Waals surface area contributed by atoms with Gasteiger partial charge in [0.05, 0.1) is 6.04 Å². The third-order valence-electron chi connectivity index (χ3n) is 3.95. The Labute approximate surface area is 140 Å². The monoisotopic (exact) mass is 330 g/mol. The van der Waals surface area contributed by atoms with Gasteiger partial charge in [0.2, 0.25) is 6.79 Å². The van der Waals surface area contributed by atoms with Gasteiger partial charge in [-0.25, -0.2) is 4.39 Å². The Hall–Kier alpha value is -2.60. The zero-order valence-electron chi connectivity index (χ0n) is 13.6. The van der Waals surface area contributed by atoms with Gasteiger partial charge in [-0.15, -0.1) is 0 Å². The van der Waals surface area contributed by atoms with Crippen molar-refractivity contribution in [2.45, 2.75) is 6.04 Å². The van der Waals surface area contributed by atoms with Crippen molar-refractivity contribution in [1.82, 2.24) is 10.2 Å². The first-order valence-electron chi connectivity index (χ1n) is 7.64. The lowest BCUT2D eigenvalue weighted by Crippen LogP contribution is -2.34. The molecule has 6 heteroatoms. The van der Waals surface area contributed by atoms with Crippen LogP contribution in [0, 0.1) is 5.82 Å². The van der Waals surface area contributed by atoms with Crippen molar-refractivity contribution in [2.75, 3.05) is 27.4 Å². The van der Waals surface area contributed by atoms with E-state index in [1.165, 1.54) is 12.1 Å². The summed E-state index contributed by atoms with van der Waals surface area (Å²) in [5, 5.41) is 2.89.